The van der Waals surface area contributed by atoms with Crippen LogP contribution in [0.1, 0.15) is 21.5 Å². The lowest BCUT2D eigenvalue weighted by Crippen LogP contribution is -2.31. The molecule has 30 heavy (non-hydrogen) atoms. The summed E-state index contributed by atoms with van der Waals surface area (Å²) in [5, 5.41) is 13.0. The van der Waals surface area contributed by atoms with Crippen molar-refractivity contribution < 1.29 is 14.3 Å². The van der Waals surface area contributed by atoms with Gasteiger partial charge >= 0.3 is 0 Å². The largest absolute Gasteiger partial charge is 0.505 e. The number of amides is 1. The highest BCUT2D eigenvalue weighted by atomic mass is 19.1. The summed E-state index contributed by atoms with van der Waals surface area (Å²) in [6.07, 6.45) is 5.05. The van der Waals surface area contributed by atoms with E-state index in [0.717, 1.165) is 11.1 Å². The average Bonchev–Trinajstić information content (AvgIpc) is 2.76. The zero-order valence-electron chi connectivity index (χ0n) is 16.0. The van der Waals surface area contributed by atoms with E-state index in [0.29, 0.717) is 17.6 Å². The Morgan fingerprint density at radius 2 is 1.93 bits per heavy atom. The number of hydrogen-bond acceptors (Lipinski definition) is 5. The van der Waals surface area contributed by atoms with Crippen molar-refractivity contribution in [3.8, 4) is 11.4 Å². The van der Waals surface area contributed by atoms with E-state index < -0.39 is 22.8 Å². The average molecular weight is 404 g/mol. The number of fused-ring (bicyclic) bond motifs is 1. The predicted octanol–water partition coefficient (Wildman–Crippen LogP) is 2.58. The third-order valence-corrected chi connectivity index (χ3v) is 4.72. The van der Waals surface area contributed by atoms with Gasteiger partial charge in [0.05, 0.1) is 17.4 Å². The van der Waals surface area contributed by atoms with Crippen LogP contribution in [-0.2, 0) is 6.42 Å². The third-order valence-electron chi connectivity index (χ3n) is 4.72. The Kier molecular flexibility index (Phi) is 4.97. The fourth-order valence-electron chi connectivity index (χ4n) is 3.30. The Bertz CT molecular complexity index is 1300. The first-order valence-corrected chi connectivity index (χ1v) is 9.13. The molecule has 1 aromatic carbocycles. The van der Waals surface area contributed by atoms with Gasteiger partial charge in [0.1, 0.15) is 16.9 Å². The summed E-state index contributed by atoms with van der Waals surface area (Å²) in [4.78, 5) is 33.8. The van der Waals surface area contributed by atoms with Crippen LogP contribution in [0.5, 0.6) is 5.75 Å². The van der Waals surface area contributed by atoms with E-state index in [-0.39, 0.29) is 11.3 Å². The molecule has 0 unspecified atom stereocenters. The van der Waals surface area contributed by atoms with Gasteiger partial charge in [0.2, 0.25) is 0 Å². The van der Waals surface area contributed by atoms with Crippen LogP contribution in [0.3, 0.4) is 0 Å². The molecular formula is C22H17FN4O3. The standard InChI is InChI=1S/C22H17FN4O3/c1-24-21(29)18-20(28)19-17(27(22(18)30)16-3-2-8-25-12-16)10-14(11-26-19)9-13-4-6-15(23)7-5-13/h2-8,10-12,28H,9H2,1H3,(H,24,29). The van der Waals surface area contributed by atoms with Crippen LogP contribution >= 0.6 is 0 Å². The number of aromatic hydroxyl groups is 1. The molecule has 1 amide bonds. The quantitative estimate of drug-likeness (QED) is 0.545. The minimum absolute atomic E-state index is 0.111. The van der Waals surface area contributed by atoms with Gasteiger partial charge in [-0.2, -0.15) is 0 Å². The maximum atomic E-state index is 13.2. The molecule has 0 saturated heterocycles. The molecule has 0 atom stereocenters. The normalized spacial score (nSPS) is 10.9. The van der Waals surface area contributed by atoms with Gasteiger partial charge in [-0.05, 0) is 47.9 Å². The molecule has 0 aliphatic carbocycles. The second-order valence-corrected chi connectivity index (χ2v) is 6.67. The Hall–Kier alpha value is -4.07. The number of halogens is 1. The van der Waals surface area contributed by atoms with Gasteiger partial charge in [0.25, 0.3) is 11.5 Å². The minimum Gasteiger partial charge on any atom is -0.505 e. The SMILES string of the molecule is CNC(=O)c1c(O)c2ncc(Cc3ccc(F)cc3)cc2n(-c2cccnc2)c1=O. The number of carbonyl (C=O) groups excluding carboxylic acids is 1. The van der Waals surface area contributed by atoms with Gasteiger partial charge in [0.15, 0.2) is 5.75 Å². The van der Waals surface area contributed by atoms with Crippen molar-refractivity contribution in [3.63, 3.8) is 0 Å². The van der Waals surface area contributed by atoms with Crippen LogP contribution in [-0.4, -0.2) is 32.6 Å². The Morgan fingerprint density at radius 1 is 1.17 bits per heavy atom. The lowest BCUT2D eigenvalue weighted by Gasteiger charge is -2.15. The molecule has 0 aliphatic heterocycles. The second-order valence-electron chi connectivity index (χ2n) is 6.67. The molecule has 150 valence electrons. The van der Waals surface area contributed by atoms with Gasteiger partial charge in [-0.3, -0.25) is 24.1 Å². The second kappa shape index (κ2) is 7.75. The van der Waals surface area contributed by atoms with E-state index in [1.165, 1.54) is 29.9 Å². The number of benzene rings is 1. The smallest absolute Gasteiger partial charge is 0.272 e. The topological polar surface area (TPSA) is 97.1 Å². The van der Waals surface area contributed by atoms with Crippen molar-refractivity contribution in [1.29, 1.82) is 0 Å². The van der Waals surface area contributed by atoms with Crippen molar-refractivity contribution >= 4 is 16.9 Å². The first-order chi connectivity index (χ1) is 14.5. The van der Waals surface area contributed by atoms with Crippen molar-refractivity contribution in [1.82, 2.24) is 19.9 Å². The van der Waals surface area contributed by atoms with Crippen LogP contribution in [0.4, 0.5) is 4.39 Å². The van der Waals surface area contributed by atoms with Crippen molar-refractivity contribution in [2.24, 2.45) is 0 Å². The molecule has 4 aromatic rings. The molecule has 4 rings (SSSR count). The molecule has 3 heterocycles. The third kappa shape index (κ3) is 3.39. The van der Waals surface area contributed by atoms with Gasteiger partial charge in [-0.25, -0.2) is 4.39 Å². The molecule has 0 bridgehead atoms. The summed E-state index contributed by atoms with van der Waals surface area (Å²) in [6, 6.07) is 11.1. The number of nitrogens with one attached hydrogen (secondary N) is 1. The summed E-state index contributed by atoms with van der Waals surface area (Å²) >= 11 is 0. The molecular weight excluding hydrogens is 387 g/mol. The summed E-state index contributed by atoms with van der Waals surface area (Å²) in [5.41, 5.74) is 1.40. The van der Waals surface area contributed by atoms with E-state index in [4.69, 9.17) is 0 Å². The molecule has 2 N–H and O–H groups in total. The highest BCUT2D eigenvalue weighted by Crippen LogP contribution is 2.27. The van der Waals surface area contributed by atoms with Gasteiger partial charge in [-0.15, -0.1) is 0 Å². The summed E-state index contributed by atoms with van der Waals surface area (Å²) < 4.78 is 14.5. The highest BCUT2D eigenvalue weighted by Gasteiger charge is 2.23. The zero-order chi connectivity index (χ0) is 21.3. The van der Waals surface area contributed by atoms with Crippen molar-refractivity contribution in [3.05, 3.63) is 93.9 Å². The monoisotopic (exact) mass is 404 g/mol. The fraction of sp³-hybridized carbons (Fsp3) is 0.0909. The summed E-state index contributed by atoms with van der Waals surface area (Å²) in [7, 11) is 1.37. The maximum absolute atomic E-state index is 13.2. The fourth-order valence-corrected chi connectivity index (χ4v) is 3.30. The first-order valence-electron chi connectivity index (χ1n) is 9.13. The number of rotatable bonds is 4. The van der Waals surface area contributed by atoms with E-state index in [1.807, 2.05) is 0 Å². The molecule has 0 fully saturated rings. The lowest BCUT2D eigenvalue weighted by atomic mass is 10.1. The van der Waals surface area contributed by atoms with Gasteiger partial charge in [-0.1, -0.05) is 12.1 Å². The van der Waals surface area contributed by atoms with Crippen LogP contribution in [0.15, 0.2) is 65.8 Å². The van der Waals surface area contributed by atoms with Crippen molar-refractivity contribution in [2.75, 3.05) is 7.05 Å². The zero-order valence-corrected chi connectivity index (χ0v) is 16.0. The molecule has 0 saturated carbocycles. The summed E-state index contributed by atoms with van der Waals surface area (Å²) in [5.74, 6) is -1.52. The van der Waals surface area contributed by atoms with E-state index in [2.05, 4.69) is 15.3 Å². The number of carbonyl (C=O) groups is 1. The Balaban J connectivity index is 1.97. The summed E-state index contributed by atoms with van der Waals surface area (Å²) in [6.45, 7) is 0. The number of hydrogen-bond donors (Lipinski definition) is 2. The number of pyridine rings is 3. The number of nitrogens with zero attached hydrogens (tertiary/aromatic N) is 3. The minimum atomic E-state index is -0.714. The van der Waals surface area contributed by atoms with Gasteiger partial charge in [0, 0.05) is 19.4 Å². The Morgan fingerprint density at radius 3 is 2.60 bits per heavy atom. The molecule has 0 aliphatic rings. The maximum Gasteiger partial charge on any atom is 0.272 e. The molecule has 7 nitrogen and oxygen atoms in total. The molecule has 0 spiro atoms. The Labute approximate surface area is 170 Å². The number of aromatic nitrogens is 3. The highest BCUT2D eigenvalue weighted by molar-refractivity contribution is 6.01. The van der Waals surface area contributed by atoms with Crippen LogP contribution in [0.2, 0.25) is 0 Å². The van der Waals surface area contributed by atoms with Crippen LogP contribution < -0.4 is 10.9 Å². The van der Waals surface area contributed by atoms with Crippen molar-refractivity contribution in [2.45, 2.75) is 6.42 Å². The van der Waals surface area contributed by atoms with Gasteiger partial charge < -0.3 is 10.4 Å². The first kappa shape index (κ1) is 19.3. The van der Waals surface area contributed by atoms with E-state index in [1.54, 1.807) is 42.7 Å². The molecule has 8 heteroatoms. The van der Waals surface area contributed by atoms with E-state index >= 15 is 0 Å². The predicted molar refractivity (Wildman–Crippen MR) is 109 cm³/mol. The van der Waals surface area contributed by atoms with E-state index in [9.17, 15) is 19.1 Å². The van der Waals surface area contributed by atoms with Crippen LogP contribution in [0.25, 0.3) is 16.7 Å². The molecule has 0 radical (unpaired) electrons. The van der Waals surface area contributed by atoms with Crippen LogP contribution in [0, 0.1) is 5.82 Å². The molecule has 3 aromatic heterocycles. The lowest BCUT2D eigenvalue weighted by molar-refractivity contribution is 0.0959.